The van der Waals surface area contributed by atoms with E-state index < -0.39 is 0 Å². The fourth-order valence-electron chi connectivity index (χ4n) is 1.57. The van der Waals surface area contributed by atoms with Gasteiger partial charge in [0.2, 0.25) is 0 Å². The van der Waals surface area contributed by atoms with Crippen molar-refractivity contribution in [2.75, 3.05) is 13.7 Å². The third-order valence-electron chi connectivity index (χ3n) is 2.95. The van der Waals surface area contributed by atoms with Crippen molar-refractivity contribution in [2.24, 2.45) is 5.73 Å². The molecule has 1 saturated carbocycles. The largest absolute Gasteiger partial charge is 0.491 e. The van der Waals surface area contributed by atoms with E-state index in [9.17, 15) is 4.79 Å². The number of aryl methyl sites for hydroxylation is 1. The molecule has 2 rings (SSSR count). The highest BCUT2D eigenvalue weighted by Gasteiger charge is 2.39. The Labute approximate surface area is 113 Å². The molecule has 18 heavy (non-hydrogen) atoms. The lowest BCUT2D eigenvalue weighted by Gasteiger charge is -2.14. The van der Waals surface area contributed by atoms with Crippen LogP contribution in [0.5, 0.6) is 5.75 Å². The molecule has 1 fully saturated rings. The number of nitrogens with two attached hydrogens (primary N) is 1. The average Bonchev–Trinajstić information content (AvgIpc) is 3.05. The SMILES string of the molecule is COC(=O)c1cc(C)ccc1OCC1(N)CC1.Cl. The van der Waals surface area contributed by atoms with Gasteiger partial charge in [-0.2, -0.15) is 0 Å². The third kappa shape index (κ3) is 3.37. The Morgan fingerprint density at radius 3 is 2.67 bits per heavy atom. The average molecular weight is 272 g/mol. The Morgan fingerprint density at radius 2 is 2.11 bits per heavy atom. The van der Waals surface area contributed by atoms with E-state index in [1.165, 1.54) is 7.11 Å². The lowest BCUT2D eigenvalue weighted by molar-refractivity contribution is 0.0595. The molecule has 1 aromatic carbocycles. The van der Waals surface area contributed by atoms with Gasteiger partial charge in [-0.3, -0.25) is 0 Å². The van der Waals surface area contributed by atoms with E-state index in [1.807, 2.05) is 13.0 Å². The molecule has 1 aliphatic rings. The minimum Gasteiger partial charge on any atom is -0.491 e. The molecule has 100 valence electrons. The van der Waals surface area contributed by atoms with Crippen LogP contribution in [-0.2, 0) is 4.74 Å². The van der Waals surface area contributed by atoms with Crippen LogP contribution >= 0.6 is 12.4 Å². The normalized spacial score (nSPS) is 15.5. The van der Waals surface area contributed by atoms with Crippen molar-refractivity contribution in [3.63, 3.8) is 0 Å². The summed E-state index contributed by atoms with van der Waals surface area (Å²) < 4.78 is 10.3. The molecule has 0 aliphatic heterocycles. The Kier molecular flexibility index (Phi) is 4.59. The van der Waals surface area contributed by atoms with Crippen molar-refractivity contribution in [1.29, 1.82) is 0 Å². The van der Waals surface area contributed by atoms with Crippen LogP contribution in [0.3, 0.4) is 0 Å². The fraction of sp³-hybridized carbons (Fsp3) is 0.462. The number of carbonyl (C=O) groups excluding carboxylic acids is 1. The Bertz CT molecular complexity index is 444. The molecule has 0 spiro atoms. The first-order valence-electron chi connectivity index (χ1n) is 5.65. The van der Waals surface area contributed by atoms with Gasteiger partial charge < -0.3 is 15.2 Å². The minimum absolute atomic E-state index is 0. The van der Waals surface area contributed by atoms with E-state index in [-0.39, 0.29) is 23.9 Å². The number of esters is 1. The molecular weight excluding hydrogens is 254 g/mol. The number of carbonyl (C=O) groups is 1. The molecule has 5 heteroatoms. The van der Waals surface area contributed by atoms with Gasteiger partial charge in [0, 0.05) is 0 Å². The zero-order chi connectivity index (χ0) is 12.5. The predicted molar refractivity (Wildman–Crippen MR) is 71.4 cm³/mol. The van der Waals surface area contributed by atoms with Gasteiger partial charge in [0.05, 0.1) is 12.6 Å². The van der Waals surface area contributed by atoms with Crippen molar-refractivity contribution < 1.29 is 14.3 Å². The molecule has 1 aromatic rings. The van der Waals surface area contributed by atoms with Gasteiger partial charge in [-0.15, -0.1) is 12.4 Å². The summed E-state index contributed by atoms with van der Waals surface area (Å²) in [6.45, 7) is 2.36. The summed E-state index contributed by atoms with van der Waals surface area (Å²) >= 11 is 0. The molecule has 0 amide bonds. The highest BCUT2D eigenvalue weighted by Crippen LogP contribution is 2.33. The highest BCUT2D eigenvalue weighted by atomic mass is 35.5. The maximum atomic E-state index is 11.6. The van der Waals surface area contributed by atoms with Crippen LogP contribution in [0.2, 0.25) is 0 Å². The van der Waals surface area contributed by atoms with Crippen LogP contribution in [0.4, 0.5) is 0 Å². The third-order valence-corrected chi connectivity index (χ3v) is 2.95. The zero-order valence-electron chi connectivity index (χ0n) is 10.6. The van der Waals surface area contributed by atoms with Gasteiger partial charge in [0.15, 0.2) is 0 Å². The molecule has 1 aliphatic carbocycles. The molecule has 4 nitrogen and oxygen atoms in total. The van der Waals surface area contributed by atoms with Gasteiger partial charge in [-0.1, -0.05) is 11.6 Å². The second kappa shape index (κ2) is 5.59. The molecule has 0 radical (unpaired) electrons. The molecule has 0 heterocycles. The van der Waals surface area contributed by atoms with Crippen LogP contribution in [-0.4, -0.2) is 25.2 Å². The Hall–Kier alpha value is -1.26. The van der Waals surface area contributed by atoms with E-state index in [0.717, 1.165) is 18.4 Å². The van der Waals surface area contributed by atoms with Crippen molar-refractivity contribution in [3.05, 3.63) is 29.3 Å². The van der Waals surface area contributed by atoms with Crippen molar-refractivity contribution in [3.8, 4) is 5.75 Å². The summed E-state index contributed by atoms with van der Waals surface area (Å²) in [6.07, 6.45) is 1.96. The number of methoxy groups -OCH3 is 1. The first-order valence-corrected chi connectivity index (χ1v) is 5.65. The lowest BCUT2D eigenvalue weighted by Crippen LogP contribution is -2.30. The molecular formula is C13H18ClNO3. The summed E-state index contributed by atoms with van der Waals surface area (Å²) in [5.41, 5.74) is 7.19. The fourth-order valence-corrected chi connectivity index (χ4v) is 1.57. The first kappa shape index (κ1) is 14.8. The smallest absolute Gasteiger partial charge is 0.341 e. The van der Waals surface area contributed by atoms with Crippen molar-refractivity contribution >= 4 is 18.4 Å². The minimum atomic E-state index is -0.384. The van der Waals surface area contributed by atoms with Gasteiger partial charge >= 0.3 is 5.97 Å². The number of benzene rings is 1. The molecule has 0 saturated heterocycles. The molecule has 2 N–H and O–H groups in total. The number of ether oxygens (including phenoxy) is 2. The summed E-state index contributed by atoms with van der Waals surface area (Å²) in [6, 6.07) is 5.45. The summed E-state index contributed by atoms with van der Waals surface area (Å²) in [4.78, 5) is 11.6. The van der Waals surface area contributed by atoms with E-state index in [1.54, 1.807) is 12.1 Å². The number of hydrogen-bond acceptors (Lipinski definition) is 4. The lowest BCUT2D eigenvalue weighted by atomic mass is 10.1. The van der Waals surface area contributed by atoms with E-state index in [2.05, 4.69) is 0 Å². The Balaban J connectivity index is 0.00000162. The van der Waals surface area contributed by atoms with E-state index in [4.69, 9.17) is 15.2 Å². The van der Waals surface area contributed by atoms with Gasteiger partial charge in [-0.25, -0.2) is 4.79 Å². The van der Waals surface area contributed by atoms with Crippen LogP contribution in [0.1, 0.15) is 28.8 Å². The second-order valence-corrected chi connectivity index (χ2v) is 4.64. The zero-order valence-corrected chi connectivity index (χ0v) is 11.4. The van der Waals surface area contributed by atoms with E-state index >= 15 is 0 Å². The molecule has 0 aromatic heterocycles. The standard InChI is InChI=1S/C13H17NO3.ClH/c1-9-3-4-11(10(7-9)12(15)16-2)17-8-13(14)5-6-13;/h3-4,7H,5-6,8,14H2,1-2H3;1H. The first-order chi connectivity index (χ1) is 8.04. The summed E-state index contributed by atoms with van der Waals surface area (Å²) in [5.74, 6) is 0.157. The van der Waals surface area contributed by atoms with Crippen LogP contribution < -0.4 is 10.5 Å². The molecule has 0 unspecified atom stereocenters. The number of halogens is 1. The van der Waals surface area contributed by atoms with Crippen LogP contribution in [0, 0.1) is 6.92 Å². The van der Waals surface area contributed by atoms with Gasteiger partial charge in [0.1, 0.15) is 17.9 Å². The summed E-state index contributed by atoms with van der Waals surface area (Å²) in [5, 5.41) is 0. The van der Waals surface area contributed by atoms with Crippen molar-refractivity contribution in [1.82, 2.24) is 0 Å². The quantitative estimate of drug-likeness (QED) is 0.852. The Morgan fingerprint density at radius 1 is 1.44 bits per heavy atom. The maximum absolute atomic E-state index is 11.6. The van der Waals surface area contributed by atoms with Gasteiger partial charge in [0.25, 0.3) is 0 Å². The second-order valence-electron chi connectivity index (χ2n) is 4.64. The monoisotopic (exact) mass is 271 g/mol. The predicted octanol–water partition coefficient (Wildman–Crippen LogP) is 2.07. The van der Waals surface area contributed by atoms with Crippen LogP contribution in [0.25, 0.3) is 0 Å². The van der Waals surface area contributed by atoms with Gasteiger partial charge in [-0.05, 0) is 31.9 Å². The highest BCUT2D eigenvalue weighted by molar-refractivity contribution is 5.92. The van der Waals surface area contributed by atoms with Crippen molar-refractivity contribution in [2.45, 2.75) is 25.3 Å². The van der Waals surface area contributed by atoms with E-state index in [0.29, 0.717) is 17.9 Å². The maximum Gasteiger partial charge on any atom is 0.341 e. The van der Waals surface area contributed by atoms with Crippen LogP contribution in [0.15, 0.2) is 18.2 Å². The molecule has 0 bridgehead atoms. The summed E-state index contributed by atoms with van der Waals surface area (Å²) in [7, 11) is 1.36. The number of rotatable bonds is 4. The number of hydrogen-bond donors (Lipinski definition) is 1. The molecule has 0 atom stereocenters. The topological polar surface area (TPSA) is 61.5 Å².